The third-order valence-corrected chi connectivity index (χ3v) is 3.05. The van der Waals surface area contributed by atoms with E-state index < -0.39 is 0 Å². The van der Waals surface area contributed by atoms with Gasteiger partial charge in [-0.3, -0.25) is 0 Å². The van der Waals surface area contributed by atoms with Gasteiger partial charge in [0.2, 0.25) is 6.79 Å². The number of ether oxygens (including phenoxy) is 2. The van der Waals surface area contributed by atoms with E-state index in [1.807, 2.05) is 30.3 Å². The molecule has 3 nitrogen and oxygen atoms in total. The van der Waals surface area contributed by atoms with Crippen LogP contribution in [0.15, 0.2) is 48.5 Å². The normalized spacial score (nSPS) is 14.3. The molecular formula is C15H15NO2. The van der Waals surface area contributed by atoms with Crippen LogP contribution >= 0.6 is 0 Å². The molecule has 92 valence electrons. The molecule has 3 rings (SSSR count). The molecule has 0 amide bonds. The maximum absolute atomic E-state index is 5.39. The Bertz CT molecular complexity index is 539. The second kappa shape index (κ2) is 4.61. The van der Waals surface area contributed by atoms with E-state index in [-0.39, 0.29) is 6.04 Å². The largest absolute Gasteiger partial charge is 0.454 e. The van der Waals surface area contributed by atoms with E-state index in [2.05, 4.69) is 30.4 Å². The van der Waals surface area contributed by atoms with Crippen molar-refractivity contribution in [2.45, 2.75) is 13.0 Å². The Hall–Kier alpha value is -2.16. The Balaban J connectivity index is 1.78. The van der Waals surface area contributed by atoms with Crippen LogP contribution in [0.25, 0.3) is 0 Å². The first-order valence-electron chi connectivity index (χ1n) is 6.04. The fourth-order valence-corrected chi connectivity index (χ4v) is 2.05. The third kappa shape index (κ3) is 2.12. The quantitative estimate of drug-likeness (QED) is 0.890. The molecule has 0 aromatic heterocycles. The number of rotatable bonds is 3. The average molecular weight is 241 g/mol. The maximum atomic E-state index is 5.39. The molecule has 0 bridgehead atoms. The van der Waals surface area contributed by atoms with Crippen LogP contribution in [0.1, 0.15) is 18.5 Å². The number of nitrogens with one attached hydrogen (secondary N) is 1. The SMILES string of the molecule is CC(Nc1ccccc1)c1ccc2c(c1)OCO2. The minimum absolute atomic E-state index is 0.224. The van der Waals surface area contributed by atoms with Gasteiger partial charge in [-0.05, 0) is 36.8 Å². The van der Waals surface area contributed by atoms with Gasteiger partial charge in [0.25, 0.3) is 0 Å². The smallest absolute Gasteiger partial charge is 0.231 e. The zero-order valence-electron chi connectivity index (χ0n) is 10.2. The lowest BCUT2D eigenvalue weighted by atomic mass is 10.1. The van der Waals surface area contributed by atoms with Gasteiger partial charge in [-0.15, -0.1) is 0 Å². The van der Waals surface area contributed by atoms with Gasteiger partial charge in [0.05, 0.1) is 0 Å². The molecule has 1 heterocycles. The lowest BCUT2D eigenvalue weighted by molar-refractivity contribution is 0.174. The van der Waals surface area contributed by atoms with Gasteiger partial charge < -0.3 is 14.8 Å². The molecule has 1 N–H and O–H groups in total. The minimum atomic E-state index is 0.224. The van der Waals surface area contributed by atoms with E-state index in [0.29, 0.717) is 6.79 Å². The van der Waals surface area contributed by atoms with Gasteiger partial charge >= 0.3 is 0 Å². The Morgan fingerprint density at radius 1 is 1.00 bits per heavy atom. The van der Waals surface area contributed by atoms with Crippen molar-refractivity contribution in [2.24, 2.45) is 0 Å². The molecule has 2 aromatic carbocycles. The van der Waals surface area contributed by atoms with Crippen molar-refractivity contribution < 1.29 is 9.47 Å². The fourth-order valence-electron chi connectivity index (χ4n) is 2.05. The summed E-state index contributed by atoms with van der Waals surface area (Å²) in [5, 5.41) is 3.45. The van der Waals surface area contributed by atoms with Crippen molar-refractivity contribution in [1.29, 1.82) is 0 Å². The molecule has 1 aliphatic rings. The first-order chi connectivity index (χ1) is 8.83. The Kier molecular flexibility index (Phi) is 2.81. The zero-order chi connectivity index (χ0) is 12.4. The van der Waals surface area contributed by atoms with Crippen LogP contribution in [0, 0.1) is 0 Å². The molecule has 1 unspecified atom stereocenters. The van der Waals surface area contributed by atoms with E-state index in [9.17, 15) is 0 Å². The minimum Gasteiger partial charge on any atom is -0.454 e. The summed E-state index contributed by atoms with van der Waals surface area (Å²) in [4.78, 5) is 0. The topological polar surface area (TPSA) is 30.5 Å². The Morgan fingerprint density at radius 3 is 2.61 bits per heavy atom. The lowest BCUT2D eigenvalue weighted by Gasteiger charge is -2.16. The summed E-state index contributed by atoms with van der Waals surface area (Å²) in [6, 6.07) is 16.5. The number of fused-ring (bicyclic) bond motifs is 1. The number of anilines is 1. The average Bonchev–Trinajstić information content (AvgIpc) is 2.87. The molecular weight excluding hydrogens is 226 g/mol. The Morgan fingerprint density at radius 2 is 1.78 bits per heavy atom. The predicted molar refractivity (Wildman–Crippen MR) is 71.0 cm³/mol. The summed E-state index contributed by atoms with van der Waals surface area (Å²) >= 11 is 0. The van der Waals surface area contributed by atoms with Crippen molar-refractivity contribution in [3.8, 4) is 11.5 Å². The molecule has 0 saturated heterocycles. The van der Waals surface area contributed by atoms with Crippen LogP contribution in [-0.4, -0.2) is 6.79 Å². The van der Waals surface area contributed by atoms with E-state index in [0.717, 1.165) is 17.2 Å². The highest BCUT2D eigenvalue weighted by Crippen LogP contribution is 2.34. The summed E-state index contributed by atoms with van der Waals surface area (Å²) < 4.78 is 10.7. The standard InChI is InChI=1S/C15H15NO2/c1-11(16-13-5-3-2-4-6-13)12-7-8-14-15(9-12)18-10-17-14/h2-9,11,16H,10H2,1H3. The van der Waals surface area contributed by atoms with Crippen LogP contribution in [0.2, 0.25) is 0 Å². The Labute approximate surface area is 106 Å². The van der Waals surface area contributed by atoms with Crippen LogP contribution in [0.4, 0.5) is 5.69 Å². The van der Waals surface area contributed by atoms with Crippen molar-refractivity contribution >= 4 is 5.69 Å². The molecule has 0 fully saturated rings. The lowest BCUT2D eigenvalue weighted by Crippen LogP contribution is -2.06. The highest BCUT2D eigenvalue weighted by molar-refractivity contribution is 5.49. The first kappa shape index (κ1) is 11.0. The number of hydrogen-bond donors (Lipinski definition) is 1. The highest BCUT2D eigenvalue weighted by Gasteiger charge is 2.15. The number of benzene rings is 2. The summed E-state index contributed by atoms with van der Waals surface area (Å²) in [5.74, 6) is 1.65. The molecule has 2 aromatic rings. The second-order valence-electron chi connectivity index (χ2n) is 4.34. The number of hydrogen-bond acceptors (Lipinski definition) is 3. The second-order valence-corrected chi connectivity index (χ2v) is 4.34. The van der Waals surface area contributed by atoms with Gasteiger partial charge in [0.15, 0.2) is 11.5 Å². The predicted octanol–water partition coefficient (Wildman–Crippen LogP) is 3.59. The van der Waals surface area contributed by atoms with Gasteiger partial charge in [0, 0.05) is 11.7 Å². The van der Waals surface area contributed by atoms with E-state index in [4.69, 9.17) is 9.47 Å². The van der Waals surface area contributed by atoms with Crippen LogP contribution in [-0.2, 0) is 0 Å². The van der Waals surface area contributed by atoms with Crippen molar-refractivity contribution in [3.63, 3.8) is 0 Å². The van der Waals surface area contributed by atoms with Gasteiger partial charge in [-0.25, -0.2) is 0 Å². The summed E-state index contributed by atoms with van der Waals surface area (Å²) in [7, 11) is 0. The molecule has 1 aliphatic heterocycles. The van der Waals surface area contributed by atoms with Crippen molar-refractivity contribution in [3.05, 3.63) is 54.1 Å². The van der Waals surface area contributed by atoms with Gasteiger partial charge in [-0.2, -0.15) is 0 Å². The van der Waals surface area contributed by atoms with Crippen LogP contribution in [0.5, 0.6) is 11.5 Å². The number of para-hydroxylation sites is 1. The van der Waals surface area contributed by atoms with Gasteiger partial charge in [-0.1, -0.05) is 24.3 Å². The highest BCUT2D eigenvalue weighted by atomic mass is 16.7. The molecule has 1 atom stereocenters. The molecule has 0 spiro atoms. The maximum Gasteiger partial charge on any atom is 0.231 e. The van der Waals surface area contributed by atoms with E-state index in [1.54, 1.807) is 0 Å². The van der Waals surface area contributed by atoms with E-state index in [1.165, 1.54) is 5.56 Å². The third-order valence-electron chi connectivity index (χ3n) is 3.05. The summed E-state index contributed by atoms with van der Waals surface area (Å²) in [5.41, 5.74) is 2.30. The molecule has 3 heteroatoms. The fraction of sp³-hybridized carbons (Fsp3) is 0.200. The van der Waals surface area contributed by atoms with Crippen LogP contribution < -0.4 is 14.8 Å². The molecule has 18 heavy (non-hydrogen) atoms. The van der Waals surface area contributed by atoms with Crippen molar-refractivity contribution in [1.82, 2.24) is 0 Å². The monoisotopic (exact) mass is 241 g/mol. The zero-order valence-corrected chi connectivity index (χ0v) is 10.2. The summed E-state index contributed by atoms with van der Waals surface area (Å²) in [6.07, 6.45) is 0. The molecule has 0 radical (unpaired) electrons. The molecule has 0 saturated carbocycles. The van der Waals surface area contributed by atoms with Gasteiger partial charge in [0.1, 0.15) is 0 Å². The summed E-state index contributed by atoms with van der Waals surface area (Å²) in [6.45, 7) is 2.45. The van der Waals surface area contributed by atoms with Crippen molar-refractivity contribution in [2.75, 3.05) is 12.1 Å². The molecule has 0 aliphatic carbocycles. The van der Waals surface area contributed by atoms with Crippen LogP contribution in [0.3, 0.4) is 0 Å². The first-order valence-corrected chi connectivity index (χ1v) is 6.04. The van der Waals surface area contributed by atoms with E-state index >= 15 is 0 Å².